The number of urea groups is 1. The first-order valence-electron chi connectivity index (χ1n) is 9.01. The minimum atomic E-state index is -0.469. The monoisotopic (exact) mass is 389 g/mol. The number of aromatic nitrogens is 3. The lowest BCUT2D eigenvalue weighted by Crippen LogP contribution is -2.53. The normalized spacial score (nSPS) is 16.7. The highest BCUT2D eigenvalue weighted by atomic mass is 32.2. The van der Waals surface area contributed by atoms with Gasteiger partial charge in [-0.3, -0.25) is 14.7 Å². The van der Waals surface area contributed by atoms with E-state index < -0.39 is 6.03 Å². The summed E-state index contributed by atoms with van der Waals surface area (Å²) in [5.74, 6) is 2.15. The summed E-state index contributed by atoms with van der Waals surface area (Å²) in [7, 11) is 0. The molecular weight excluding hydrogens is 366 g/mol. The molecule has 0 bridgehead atoms. The number of amides is 3. The summed E-state index contributed by atoms with van der Waals surface area (Å²) in [6, 6.07) is 6.96. The van der Waals surface area contributed by atoms with Crippen molar-refractivity contribution in [1.82, 2.24) is 25.4 Å². The van der Waals surface area contributed by atoms with E-state index in [-0.39, 0.29) is 18.4 Å². The molecule has 27 heavy (non-hydrogen) atoms. The van der Waals surface area contributed by atoms with Crippen LogP contribution in [0.5, 0.6) is 5.75 Å². The molecule has 1 fully saturated rings. The molecule has 0 saturated carbocycles. The Kier molecular flexibility index (Phi) is 6.33. The summed E-state index contributed by atoms with van der Waals surface area (Å²) in [6.45, 7) is 4.67. The Balaban J connectivity index is 1.88. The van der Waals surface area contributed by atoms with Crippen LogP contribution in [-0.4, -0.2) is 45.1 Å². The maximum Gasteiger partial charge on any atom is 0.321 e. The minimum absolute atomic E-state index is 0.222. The summed E-state index contributed by atoms with van der Waals surface area (Å²) < 4.78 is 7.49. The van der Waals surface area contributed by atoms with Crippen molar-refractivity contribution in [3.05, 3.63) is 30.1 Å². The number of carbonyl (C=O) groups excluding carboxylic acids is 2. The Morgan fingerprint density at radius 3 is 2.67 bits per heavy atom. The maximum absolute atomic E-state index is 11.6. The standard InChI is InChI=1S/C18H23N5O3S/c1-3-9-27-18-22-21-15(10-12-11-16(24)20-17(25)19-12)23(18)13-5-7-14(8-6-13)26-4-2/h5-8,12H,3-4,9-11H2,1-2H3,(H2,19,20,24,25). The second-order valence-corrected chi connectivity index (χ2v) is 7.20. The van der Waals surface area contributed by atoms with E-state index in [1.807, 2.05) is 35.8 Å². The number of ether oxygens (including phenoxy) is 1. The topological polar surface area (TPSA) is 98.1 Å². The van der Waals surface area contributed by atoms with Gasteiger partial charge in [0.2, 0.25) is 5.91 Å². The smallest absolute Gasteiger partial charge is 0.321 e. The van der Waals surface area contributed by atoms with Gasteiger partial charge in [-0.25, -0.2) is 4.79 Å². The predicted molar refractivity (Wildman–Crippen MR) is 102 cm³/mol. The van der Waals surface area contributed by atoms with Gasteiger partial charge in [0.05, 0.1) is 6.61 Å². The van der Waals surface area contributed by atoms with E-state index in [1.165, 1.54) is 0 Å². The number of thioether (sulfide) groups is 1. The van der Waals surface area contributed by atoms with Crippen molar-refractivity contribution in [2.24, 2.45) is 0 Å². The van der Waals surface area contributed by atoms with Crippen LogP contribution in [0.2, 0.25) is 0 Å². The van der Waals surface area contributed by atoms with Crippen molar-refractivity contribution in [2.75, 3.05) is 12.4 Å². The molecule has 3 amide bonds. The van der Waals surface area contributed by atoms with Crippen LogP contribution in [0, 0.1) is 0 Å². The first kappa shape index (κ1) is 19.2. The zero-order valence-corrected chi connectivity index (χ0v) is 16.2. The predicted octanol–water partition coefficient (Wildman–Crippen LogP) is 2.31. The molecule has 1 atom stereocenters. The van der Waals surface area contributed by atoms with E-state index in [2.05, 4.69) is 27.8 Å². The van der Waals surface area contributed by atoms with Gasteiger partial charge in [-0.1, -0.05) is 18.7 Å². The zero-order chi connectivity index (χ0) is 19.2. The number of rotatable bonds is 8. The van der Waals surface area contributed by atoms with Crippen molar-refractivity contribution >= 4 is 23.7 Å². The fourth-order valence-electron chi connectivity index (χ4n) is 2.85. The van der Waals surface area contributed by atoms with Crippen LogP contribution in [0.4, 0.5) is 4.79 Å². The Bertz CT molecular complexity index is 790. The van der Waals surface area contributed by atoms with Crippen LogP contribution < -0.4 is 15.4 Å². The van der Waals surface area contributed by atoms with Gasteiger partial charge >= 0.3 is 6.03 Å². The van der Waals surface area contributed by atoms with E-state index in [0.717, 1.165) is 28.8 Å². The summed E-state index contributed by atoms with van der Waals surface area (Å²) >= 11 is 1.63. The zero-order valence-electron chi connectivity index (χ0n) is 15.4. The molecule has 1 aromatic heterocycles. The summed E-state index contributed by atoms with van der Waals surface area (Å²) in [5, 5.41) is 14.5. The van der Waals surface area contributed by atoms with E-state index in [0.29, 0.717) is 18.9 Å². The molecule has 144 valence electrons. The summed E-state index contributed by atoms with van der Waals surface area (Å²) in [6.07, 6.45) is 1.67. The van der Waals surface area contributed by atoms with Crippen LogP contribution in [-0.2, 0) is 11.2 Å². The van der Waals surface area contributed by atoms with Crippen LogP contribution >= 0.6 is 11.8 Å². The molecule has 2 aromatic rings. The van der Waals surface area contributed by atoms with E-state index in [1.54, 1.807) is 11.8 Å². The lowest BCUT2D eigenvalue weighted by molar-refractivity contribution is -0.121. The summed E-state index contributed by atoms with van der Waals surface area (Å²) in [4.78, 5) is 23.2. The van der Waals surface area contributed by atoms with Gasteiger partial charge < -0.3 is 10.1 Å². The molecule has 1 unspecified atom stereocenters. The van der Waals surface area contributed by atoms with Gasteiger partial charge in [-0.15, -0.1) is 10.2 Å². The first-order chi connectivity index (χ1) is 13.1. The quantitative estimate of drug-likeness (QED) is 0.673. The Hall–Kier alpha value is -2.55. The van der Waals surface area contributed by atoms with Crippen molar-refractivity contribution in [3.63, 3.8) is 0 Å². The molecule has 2 N–H and O–H groups in total. The van der Waals surface area contributed by atoms with Crippen LogP contribution in [0.15, 0.2) is 29.4 Å². The van der Waals surface area contributed by atoms with E-state index >= 15 is 0 Å². The van der Waals surface area contributed by atoms with Crippen LogP contribution in [0.1, 0.15) is 32.5 Å². The molecule has 0 spiro atoms. The van der Waals surface area contributed by atoms with Gasteiger partial charge in [0.1, 0.15) is 11.6 Å². The average molecular weight is 389 g/mol. The van der Waals surface area contributed by atoms with Gasteiger partial charge in [0, 0.05) is 30.3 Å². The number of imide groups is 1. The number of benzene rings is 1. The molecule has 2 heterocycles. The molecular formula is C18H23N5O3S. The fraction of sp³-hybridized carbons (Fsp3) is 0.444. The highest BCUT2D eigenvalue weighted by molar-refractivity contribution is 7.99. The molecule has 0 radical (unpaired) electrons. The fourth-order valence-corrected chi connectivity index (χ4v) is 3.68. The van der Waals surface area contributed by atoms with Gasteiger partial charge in [0.15, 0.2) is 5.16 Å². The largest absolute Gasteiger partial charge is 0.494 e. The third kappa shape index (κ3) is 4.79. The molecule has 1 aliphatic rings. The lowest BCUT2D eigenvalue weighted by Gasteiger charge is -2.23. The minimum Gasteiger partial charge on any atom is -0.494 e. The molecule has 8 nitrogen and oxygen atoms in total. The molecule has 1 aromatic carbocycles. The van der Waals surface area contributed by atoms with E-state index in [9.17, 15) is 9.59 Å². The second-order valence-electron chi connectivity index (χ2n) is 6.14. The first-order valence-corrected chi connectivity index (χ1v) is 10.00. The van der Waals surface area contributed by atoms with Crippen LogP contribution in [0.3, 0.4) is 0 Å². The third-order valence-corrected chi connectivity index (χ3v) is 5.13. The number of nitrogens with one attached hydrogen (secondary N) is 2. The summed E-state index contributed by atoms with van der Waals surface area (Å²) in [5.41, 5.74) is 0.920. The Labute approximate surface area is 162 Å². The Morgan fingerprint density at radius 1 is 1.22 bits per heavy atom. The third-order valence-electron chi connectivity index (χ3n) is 3.99. The van der Waals surface area contributed by atoms with Crippen molar-refractivity contribution in [2.45, 2.75) is 44.3 Å². The van der Waals surface area contributed by atoms with E-state index in [4.69, 9.17) is 4.74 Å². The Morgan fingerprint density at radius 2 is 2.00 bits per heavy atom. The highest BCUT2D eigenvalue weighted by Gasteiger charge is 2.26. The van der Waals surface area contributed by atoms with Gasteiger partial charge in [-0.2, -0.15) is 0 Å². The highest BCUT2D eigenvalue weighted by Crippen LogP contribution is 2.25. The van der Waals surface area contributed by atoms with Crippen molar-refractivity contribution in [1.29, 1.82) is 0 Å². The average Bonchev–Trinajstić information content (AvgIpc) is 3.02. The van der Waals surface area contributed by atoms with Gasteiger partial charge in [0.25, 0.3) is 0 Å². The molecule has 9 heteroatoms. The van der Waals surface area contributed by atoms with Crippen molar-refractivity contribution in [3.8, 4) is 11.4 Å². The van der Waals surface area contributed by atoms with Gasteiger partial charge in [-0.05, 0) is 37.6 Å². The van der Waals surface area contributed by atoms with Crippen LogP contribution in [0.25, 0.3) is 5.69 Å². The molecule has 1 saturated heterocycles. The SMILES string of the molecule is CCCSc1nnc(CC2CC(=O)NC(=O)N2)n1-c1ccc(OCC)cc1. The lowest BCUT2D eigenvalue weighted by atomic mass is 10.1. The molecule has 1 aliphatic heterocycles. The number of carbonyl (C=O) groups is 2. The maximum atomic E-state index is 11.6. The number of hydrogen-bond donors (Lipinski definition) is 2. The second kappa shape index (κ2) is 8.90. The molecule has 3 rings (SSSR count). The van der Waals surface area contributed by atoms with Crippen molar-refractivity contribution < 1.29 is 14.3 Å². The number of hydrogen-bond acceptors (Lipinski definition) is 6. The molecule has 0 aliphatic carbocycles. The number of nitrogens with zero attached hydrogens (tertiary/aromatic N) is 3.